The molecule has 1 aliphatic rings. The summed E-state index contributed by atoms with van der Waals surface area (Å²) in [4.78, 5) is 13.7. The van der Waals surface area contributed by atoms with E-state index >= 15 is 0 Å². The van der Waals surface area contributed by atoms with Crippen LogP contribution in [0.4, 0.5) is 5.69 Å². The molecule has 0 unspecified atom stereocenters. The number of nitrogens with zero attached hydrogens (tertiary/aromatic N) is 1. The fourth-order valence-electron chi connectivity index (χ4n) is 1.95. The summed E-state index contributed by atoms with van der Waals surface area (Å²) in [6.07, 6.45) is 0.664. The van der Waals surface area contributed by atoms with Crippen LogP contribution >= 0.6 is 15.9 Å². The number of amides is 1. The van der Waals surface area contributed by atoms with Crippen molar-refractivity contribution >= 4 is 27.5 Å². The molecular formula is C12H15BrN2O2. The van der Waals surface area contributed by atoms with Crippen molar-refractivity contribution in [3.63, 3.8) is 0 Å². The van der Waals surface area contributed by atoms with Crippen molar-refractivity contribution in [1.29, 1.82) is 0 Å². The summed E-state index contributed by atoms with van der Waals surface area (Å²) in [6, 6.07) is 5.13. The summed E-state index contributed by atoms with van der Waals surface area (Å²) in [5.41, 5.74) is 6.09. The minimum absolute atomic E-state index is 0.0869. The van der Waals surface area contributed by atoms with Crippen molar-refractivity contribution in [2.24, 2.45) is 0 Å². The van der Waals surface area contributed by atoms with Crippen LogP contribution in [0.15, 0.2) is 22.7 Å². The second-order valence-corrected chi connectivity index (χ2v) is 5.43. The topological polar surface area (TPSA) is 66.6 Å². The molecule has 1 aromatic rings. The lowest BCUT2D eigenvalue weighted by Crippen LogP contribution is -2.63. The van der Waals surface area contributed by atoms with Crippen molar-refractivity contribution in [3.05, 3.63) is 28.2 Å². The van der Waals surface area contributed by atoms with Gasteiger partial charge in [-0.15, -0.1) is 0 Å². The third-order valence-electron chi connectivity index (χ3n) is 3.08. The van der Waals surface area contributed by atoms with E-state index in [9.17, 15) is 9.90 Å². The van der Waals surface area contributed by atoms with Gasteiger partial charge in [-0.2, -0.15) is 0 Å². The van der Waals surface area contributed by atoms with Crippen molar-refractivity contribution in [1.82, 2.24) is 4.90 Å². The van der Waals surface area contributed by atoms with Gasteiger partial charge in [-0.05, 0) is 24.6 Å². The molecule has 0 spiro atoms. The fourth-order valence-corrected chi connectivity index (χ4v) is 2.46. The average molecular weight is 299 g/mol. The van der Waals surface area contributed by atoms with Crippen LogP contribution in [0.3, 0.4) is 0 Å². The molecule has 1 aliphatic heterocycles. The monoisotopic (exact) mass is 298 g/mol. The van der Waals surface area contributed by atoms with Crippen LogP contribution in [0.25, 0.3) is 0 Å². The number of carbonyl (C=O) groups is 1. The van der Waals surface area contributed by atoms with Crippen LogP contribution in [-0.4, -0.2) is 34.6 Å². The lowest BCUT2D eigenvalue weighted by Gasteiger charge is -2.46. The Bertz CT molecular complexity index is 436. The lowest BCUT2D eigenvalue weighted by atomic mass is 9.90. The molecule has 1 heterocycles. The van der Waals surface area contributed by atoms with E-state index in [1.54, 1.807) is 23.1 Å². The summed E-state index contributed by atoms with van der Waals surface area (Å²) >= 11 is 3.31. The third kappa shape index (κ3) is 2.45. The number of hydrogen-bond donors (Lipinski definition) is 2. The number of β-amino-alcohol motifs (C(OH)–C–C–N with tert-alkyl or cyclic N) is 1. The first kappa shape index (κ1) is 12.4. The Labute approximate surface area is 109 Å². The maximum Gasteiger partial charge on any atom is 0.254 e. The third-order valence-corrected chi connectivity index (χ3v) is 3.54. The summed E-state index contributed by atoms with van der Waals surface area (Å²) in [5, 5.41) is 9.87. The van der Waals surface area contributed by atoms with E-state index < -0.39 is 5.60 Å². The Balaban J connectivity index is 2.11. The first-order valence-electron chi connectivity index (χ1n) is 5.51. The summed E-state index contributed by atoms with van der Waals surface area (Å²) in [7, 11) is 0. The molecule has 0 atom stereocenters. The number of rotatable bonds is 2. The fraction of sp³-hybridized carbons (Fsp3) is 0.417. The first-order chi connectivity index (χ1) is 7.93. The van der Waals surface area contributed by atoms with E-state index in [2.05, 4.69) is 15.9 Å². The van der Waals surface area contributed by atoms with Gasteiger partial charge in [0.25, 0.3) is 5.91 Å². The first-order valence-corrected chi connectivity index (χ1v) is 6.30. The minimum atomic E-state index is -0.701. The molecule has 92 valence electrons. The molecule has 1 fully saturated rings. The van der Waals surface area contributed by atoms with Gasteiger partial charge in [-0.3, -0.25) is 4.79 Å². The molecule has 1 amide bonds. The van der Waals surface area contributed by atoms with Gasteiger partial charge in [0, 0.05) is 15.7 Å². The van der Waals surface area contributed by atoms with Gasteiger partial charge in [0.2, 0.25) is 0 Å². The normalized spacial score (nSPS) is 17.7. The predicted molar refractivity (Wildman–Crippen MR) is 69.7 cm³/mol. The number of hydrogen-bond acceptors (Lipinski definition) is 3. The minimum Gasteiger partial charge on any atom is -0.399 e. The maximum absolute atomic E-state index is 12.1. The number of nitrogens with two attached hydrogens (primary N) is 1. The molecular weight excluding hydrogens is 284 g/mol. The van der Waals surface area contributed by atoms with Crippen molar-refractivity contribution in [2.45, 2.75) is 18.9 Å². The van der Waals surface area contributed by atoms with Gasteiger partial charge in [-0.25, -0.2) is 0 Å². The predicted octanol–water partition coefficient (Wildman–Crippen LogP) is 1.63. The highest BCUT2D eigenvalue weighted by Crippen LogP contribution is 2.27. The van der Waals surface area contributed by atoms with Crippen LogP contribution in [0.2, 0.25) is 0 Å². The van der Waals surface area contributed by atoms with Crippen molar-refractivity contribution in [2.75, 3.05) is 18.8 Å². The molecule has 1 saturated heterocycles. The Morgan fingerprint density at radius 2 is 2.18 bits per heavy atom. The van der Waals surface area contributed by atoms with E-state index in [4.69, 9.17) is 5.73 Å². The second-order valence-electron chi connectivity index (χ2n) is 4.51. The summed E-state index contributed by atoms with van der Waals surface area (Å²) in [5.74, 6) is -0.0869. The van der Waals surface area contributed by atoms with Gasteiger partial charge in [0.05, 0.1) is 18.7 Å². The number of carbonyl (C=O) groups excluding carboxylic acids is 1. The van der Waals surface area contributed by atoms with Gasteiger partial charge in [-0.1, -0.05) is 22.9 Å². The van der Waals surface area contributed by atoms with Crippen LogP contribution in [-0.2, 0) is 0 Å². The molecule has 0 saturated carbocycles. The zero-order valence-corrected chi connectivity index (χ0v) is 11.2. The number of nitrogen functional groups attached to an aromatic ring is 1. The quantitative estimate of drug-likeness (QED) is 0.816. The highest BCUT2D eigenvalue weighted by Gasteiger charge is 2.42. The molecule has 17 heavy (non-hydrogen) atoms. The van der Waals surface area contributed by atoms with E-state index in [1.165, 1.54) is 0 Å². The lowest BCUT2D eigenvalue weighted by molar-refractivity contribution is -0.0826. The van der Waals surface area contributed by atoms with Gasteiger partial charge in [0.15, 0.2) is 0 Å². The molecule has 0 aliphatic carbocycles. The Hall–Kier alpha value is -1.07. The average Bonchev–Trinajstić information content (AvgIpc) is 2.22. The van der Waals surface area contributed by atoms with E-state index in [0.717, 1.165) is 4.47 Å². The van der Waals surface area contributed by atoms with E-state index in [0.29, 0.717) is 30.8 Å². The van der Waals surface area contributed by atoms with Crippen molar-refractivity contribution < 1.29 is 9.90 Å². The van der Waals surface area contributed by atoms with Gasteiger partial charge < -0.3 is 15.7 Å². The zero-order chi connectivity index (χ0) is 12.6. The summed E-state index contributed by atoms with van der Waals surface area (Å²) < 4.78 is 0.784. The SMILES string of the molecule is CCC1(O)CN(C(=O)c2cc(N)cc(Br)c2)C1. The maximum atomic E-state index is 12.1. The molecule has 0 aromatic heterocycles. The molecule has 1 aromatic carbocycles. The molecule has 5 heteroatoms. The summed E-state index contributed by atoms with van der Waals surface area (Å²) in [6.45, 7) is 2.71. The Morgan fingerprint density at radius 1 is 1.53 bits per heavy atom. The number of anilines is 1. The Kier molecular flexibility index (Phi) is 3.14. The van der Waals surface area contributed by atoms with E-state index in [1.807, 2.05) is 6.92 Å². The molecule has 0 radical (unpaired) electrons. The number of halogens is 1. The van der Waals surface area contributed by atoms with E-state index in [-0.39, 0.29) is 5.91 Å². The molecule has 0 bridgehead atoms. The van der Waals surface area contributed by atoms with Crippen LogP contribution < -0.4 is 5.73 Å². The highest BCUT2D eigenvalue weighted by molar-refractivity contribution is 9.10. The number of likely N-dealkylation sites (tertiary alicyclic amines) is 1. The standard InChI is InChI=1S/C12H15BrN2O2/c1-2-12(17)6-15(7-12)11(16)8-3-9(13)5-10(14)4-8/h3-5,17H,2,6-7,14H2,1H3. The molecule has 4 nitrogen and oxygen atoms in total. The highest BCUT2D eigenvalue weighted by atomic mass is 79.9. The number of aliphatic hydroxyl groups is 1. The van der Waals surface area contributed by atoms with Crippen LogP contribution in [0, 0.1) is 0 Å². The molecule has 2 rings (SSSR count). The smallest absolute Gasteiger partial charge is 0.254 e. The largest absolute Gasteiger partial charge is 0.399 e. The van der Waals surface area contributed by atoms with Crippen molar-refractivity contribution in [3.8, 4) is 0 Å². The second kappa shape index (κ2) is 4.31. The van der Waals surface area contributed by atoms with Crippen LogP contribution in [0.5, 0.6) is 0 Å². The Morgan fingerprint density at radius 3 is 2.71 bits per heavy atom. The van der Waals surface area contributed by atoms with Crippen LogP contribution in [0.1, 0.15) is 23.7 Å². The number of benzene rings is 1. The zero-order valence-electron chi connectivity index (χ0n) is 9.61. The molecule has 3 N–H and O–H groups in total. The van der Waals surface area contributed by atoms with Gasteiger partial charge >= 0.3 is 0 Å². The van der Waals surface area contributed by atoms with Gasteiger partial charge in [0.1, 0.15) is 0 Å².